The van der Waals surface area contributed by atoms with Gasteiger partial charge in [-0.3, -0.25) is 0 Å². The molecular formula is C17H27NO3. The maximum absolute atomic E-state index is 9.85. The summed E-state index contributed by atoms with van der Waals surface area (Å²) in [5, 5.41) is 13.1. The summed E-state index contributed by atoms with van der Waals surface area (Å²) in [6, 6.07) is 7.68. The summed E-state index contributed by atoms with van der Waals surface area (Å²) in [5.74, 6) is 0.747. The molecule has 0 amide bonds. The number of benzene rings is 1. The van der Waals surface area contributed by atoms with Crippen molar-refractivity contribution in [1.82, 2.24) is 5.32 Å². The SMILES string of the molecule is C=CCOCc1ccc(OCC(O)CNC(C)(C)C)cc1. The van der Waals surface area contributed by atoms with E-state index >= 15 is 0 Å². The molecule has 0 aliphatic carbocycles. The van der Waals surface area contributed by atoms with E-state index in [-0.39, 0.29) is 12.1 Å². The first kappa shape index (κ1) is 17.7. The zero-order valence-electron chi connectivity index (χ0n) is 13.3. The number of aliphatic hydroxyl groups excluding tert-OH is 1. The van der Waals surface area contributed by atoms with Crippen LogP contribution in [-0.2, 0) is 11.3 Å². The lowest BCUT2D eigenvalue weighted by molar-refractivity contribution is 0.1000. The third-order valence-corrected chi connectivity index (χ3v) is 2.74. The zero-order valence-corrected chi connectivity index (χ0v) is 13.3. The minimum atomic E-state index is -0.528. The molecular weight excluding hydrogens is 266 g/mol. The van der Waals surface area contributed by atoms with Gasteiger partial charge in [-0.15, -0.1) is 6.58 Å². The highest BCUT2D eigenvalue weighted by atomic mass is 16.5. The van der Waals surface area contributed by atoms with Crippen LogP contribution in [0.3, 0.4) is 0 Å². The lowest BCUT2D eigenvalue weighted by Gasteiger charge is -2.23. The van der Waals surface area contributed by atoms with Crippen LogP contribution < -0.4 is 10.1 Å². The van der Waals surface area contributed by atoms with Gasteiger partial charge in [0, 0.05) is 12.1 Å². The van der Waals surface area contributed by atoms with E-state index in [1.54, 1.807) is 6.08 Å². The number of nitrogens with one attached hydrogen (secondary N) is 1. The van der Waals surface area contributed by atoms with E-state index < -0.39 is 6.10 Å². The van der Waals surface area contributed by atoms with Crippen molar-refractivity contribution in [3.63, 3.8) is 0 Å². The standard InChI is InChI=1S/C17H27NO3/c1-5-10-20-12-14-6-8-16(9-7-14)21-13-15(19)11-18-17(2,3)4/h5-9,15,18-19H,1,10-13H2,2-4H3. The van der Waals surface area contributed by atoms with Crippen LogP contribution in [0.1, 0.15) is 26.3 Å². The van der Waals surface area contributed by atoms with E-state index in [2.05, 4.69) is 32.7 Å². The molecule has 1 rings (SSSR count). The molecule has 0 saturated heterocycles. The second-order valence-electron chi connectivity index (χ2n) is 6.04. The largest absolute Gasteiger partial charge is 0.491 e. The Balaban J connectivity index is 2.30. The lowest BCUT2D eigenvalue weighted by Crippen LogP contribution is -2.42. The number of aliphatic hydroxyl groups is 1. The van der Waals surface area contributed by atoms with Crippen molar-refractivity contribution >= 4 is 0 Å². The summed E-state index contributed by atoms with van der Waals surface area (Å²) in [4.78, 5) is 0. The maximum atomic E-state index is 9.85. The molecule has 2 N–H and O–H groups in total. The first-order valence-corrected chi connectivity index (χ1v) is 7.24. The molecule has 0 spiro atoms. The van der Waals surface area contributed by atoms with Crippen LogP contribution in [0.15, 0.2) is 36.9 Å². The minimum Gasteiger partial charge on any atom is -0.491 e. The molecule has 4 heteroatoms. The van der Waals surface area contributed by atoms with Gasteiger partial charge in [0.15, 0.2) is 0 Å². The Hall–Kier alpha value is -1.36. The summed E-state index contributed by atoms with van der Waals surface area (Å²) >= 11 is 0. The van der Waals surface area contributed by atoms with Crippen molar-refractivity contribution in [3.05, 3.63) is 42.5 Å². The normalized spacial score (nSPS) is 13.0. The van der Waals surface area contributed by atoms with Crippen molar-refractivity contribution < 1.29 is 14.6 Å². The Morgan fingerprint density at radius 3 is 2.52 bits per heavy atom. The van der Waals surface area contributed by atoms with Gasteiger partial charge in [-0.05, 0) is 38.5 Å². The highest BCUT2D eigenvalue weighted by molar-refractivity contribution is 5.26. The highest BCUT2D eigenvalue weighted by Gasteiger charge is 2.12. The molecule has 0 fully saturated rings. The minimum absolute atomic E-state index is 0.00589. The summed E-state index contributed by atoms with van der Waals surface area (Å²) in [6.45, 7) is 11.7. The summed E-state index contributed by atoms with van der Waals surface area (Å²) in [7, 11) is 0. The van der Waals surface area contributed by atoms with E-state index in [4.69, 9.17) is 9.47 Å². The quantitative estimate of drug-likeness (QED) is 0.542. The molecule has 0 aliphatic rings. The Kier molecular flexibility index (Phi) is 7.43. The smallest absolute Gasteiger partial charge is 0.119 e. The van der Waals surface area contributed by atoms with Gasteiger partial charge in [-0.2, -0.15) is 0 Å². The predicted molar refractivity (Wildman–Crippen MR) is 85.6 cm³/mol. The molecule has 0 heterocycles. The number of hydrogen-bond donors (Lipinski definition) is 2. The monoisotopic (exact) mass is 293 g/mol. The second kappa shape index (κ2) is 8.82. The molecule has 1 aromatic carbocycles. The topological polar surface area (TPSA) is 50.7 Å². The van der Waals surface area contributed by atoms with Crippen LogP contribution in [0.4, 0.5) is 0 Å². The zero-order chi connectivity index (χ0) is 15.7. The van der Waals surface area contributed by atoms with Crippen LogP contribution in [0.2, 0.25) is 0 Å². The molecule has 1 atom stereocenters. The van der Waals surface area contributed by atoms with E-state index in [0.717, 1.165) is 11.3 Å². The molecule has 21 heavy (non-hydrogen) atoms. The Morgan fingerprint density at radius 2 is 1.95 bits per heavy atom. The van der Waals surface area contributed by atoms with Crippen molar-refractivity contribution in [2.45, 2.75) is 39.0 Å². The van der Waals surface area contributed by atoms with Crippen LogP contribution in [0, 0.1) is 0 Å². The van der Waals surface area contributed by atoms with Crippen molar-refractivity contribution in [2.75, 3.05) is 19.8 Å². The molecule has 0 radical (unpaired) electrons. The fraction of sp³-hybridized carbons (Fsp3) is 0.529. The van der Waals surface area contributed by atoms with Gasteiger partial charge in [-0.1, -0.05) is 18.2 Å². The lowest BCUT2D eigenvalue weighted by atomic mass is 10.1. The number of hydrogen-bond acceptors (Lipinski definition) is 4. The first-order valence-electron chi connectivity index (χ1n) is 7.24. The molecule has 4 nitrogen and oxygen atoms in total. The third-order valence-electron chi connectivity index (χ3n) is 2.74. The molecule has 0 aliphatic heterocycles. The van der Waals surface area contributed by atoms with Crippen LogP contribution in [0.5, 0.6) is 5.75 Å². The van der Waals surface area contributed by atoms with Gasteiger partial charge in [0.05, 0.1) is 13.2 Å². The Morgan fingerprint density at radius 1 is 1.29 bits per heavy atom. The average Bonchev–Trinajstić information content (AvgIpc) is 2.44. The molecule has 1 aromatic rings. The number of ether oxygens (including phenoxy) is 2. The van der Waals surface area contributed by atoms with Crippen LogP contribution >= 0.6 is 0 Å². The molecule has 0 saturated carbocycles. The van der Waals surface area contributed by atoms with E-state index in [1.165, 1.54) is 0 Å². The van der Waals surface area contributed by atoms with Crippen molar-refractivity contribution in [3.8, 4) is 5.75 Å². The van der Waals surface area contributed by atoms with Gasteiger partial charge in [-0.25, -0.2) is 0 Å². The maximum Gasteiger partial charge on any atom is 0.119 e. The van der Waals surface area contributed by atoms with E-state index in [0.29, 0.717) is 19.8 Å². The van der Waals surface area contributed by atoms with Gasteiger partial charge in [0.25, 0.3) is 0 Å². The molecule has 1 unspecified atom stereocenters. The van der Waals surface area contributed by atoms with Crippen LogP contribution in [-0.4, -0.2) is 36.5 Å². The number of rotatable bonds is 9. The first-order chi connectivity index (χ1) is 9.90. The number of β-amino-alcohol motifs (C(OH)–C–C–N with tert-alkyl or cyclic N) is 1. The summed E-state index contributed by atoms with van der Waals surface area (Å²) in [5.41, 5.74) is 1.08. The molecule has 0 aromatic heterocycles. The fourth-order valence-electron chi connectivity index (χ4n) is 1.62. The summed E-state index contributed by atoms with van der Waals surface area (Å²) in [6.07, 6.45) is 1.20. The fourth-order valence-corrected chi connectivity index (χ4v) is 1.62. The van der Waals surface area contributed by atoms with Gasteiger partial charge in [0.1, 0.15) is 18.5 Å². The second-order valence-corrected chi connectivity index (χ2v) is 6.04. The molecule has 118 valence electrons. The van der Waals surface area contributed by atoms with Crippen LogP contribution in [0.25, 0.3) is 0 Å². The van der Waals surface area contributed by atoms with Gasteiger partial charge < -0.3 is 19.9 Å². The Labute approximate surface area is 127 Å². The van der Waals surface area contributed by atoms with Crippen molar-refractivity contribution in [1.29, 1.82) is 0 Å². The summed E-state index contributed by atoms with van der Waals surface area (Å²) < 4.78 is 10.9. The highest BCUT2D eigenvalue weighted by Crippen LogP contribution is 2.13. The van der Waals surface area contributed by atoms with Gasteiger partial charge in [0.2, 0.25) is 0 Å². The predicted octanol–water partition coefficient (Wildman–Crippen LogP) is 2.52. The molecule has 0 bridgehead atoms. The van der Waals surface area contributed by atoms with Gasteiger partial charge >= 0.3 is 0 Å². The van der Waals surface area contributed by atoms with E-state index in [1.807, 2.05) is 24.3 Å². The third kappa shape index (κ3) is 8.50. The average molecular weight is 293 g/mol. The van der Waals surface area contributed by atoms with Crippen molar-refractivity contribution in [2.24, 2.45) is 0 Å². The Bertz CT molecular complexity index is 409. The van der Waals surface area contributed by atoms with E-state index in [9.17, 15) is 5.11 Å².